The first kappa shape index (κ1) is 18.1. The molecule has 0 amide bonds. The summed E-state index contributed by atoms with van der Waals surface area (Å²) in [5.74, 6) is 1.64. The number of aromatic hydroxyl groups is 1. The van der Waals surface area contributed by atoms with Gasteiger partial charge in [-0.1, -0.05) is 72.8 Å². The number of phenols is 1. The zero-order valence-electron chi connectivity index (χ0n) is 16.4. The van der Waals surface area contributed by atoms with Gasteiger partial charge in [-0.05, 0) is 45.8 Å². The van der Waals surface area contributed by atoms with Crippen LogP contribution in [0.2, 0.25) is 0 Å². The predicted molar refractivity (Wildman–Crippen MR) is 123 cm³/mol. The lowest BCUT2D eigenvalue weighted by atomic mass is 9.93. The highest BCUT2D eigenvalue weighted by atomic mass is 16.5. The van der Waals surface area contributed by atoms with E-state index in [0.29, 0.717) is 17.9 Å². The zero-order chi connectivity index (χ0) is 20.5. The molecule has 0 bridgehead atoms. The number of benzene rings is 5. The Hall–Kier alpha value is -3.98. The highest BCUT2D eigenvalue weighted by Crippen LogP contribution is 2.38. The molecule has 3 nitrogen and oxygen atoms in total. The van der Waals surface area contributed by atoms with Gasteiger partial charge in [0.2, 0.25) is 0 Å². The number of fused-ring (bicyclic) bond motifs is 2. The summed E-state index contributed by atoms with van der Waals surface area (Å²) in [6, 6.07) is 31.6. The van der Waals surface area contributed by atoms with Crippen LogP contribution in [-0.2, 0) is 6.42 Å². The number of hydrogen-bond donors (Lipinski definition) is 2. The standard InChI is InChI=1S/C27H21NO2/c28-24-11-5-6-12-27(24)30-26-16-14-19-8-2-4-10-21(19)23(26)17-22-20-9-3-1-7-18(20)13-15-25(22)29/h1-16,29H,17,28H2. The summed E-state index contributed by atoms with van der Waals surface area (Å²) in [6.45, 7) is 0. The van der Waals surface area contributed by atoms with Crippen molar-refractivity contribution in [2.24, 2.45) is 0 Å². The second-order valence-corrected chi connectivity index (χ2v) is 7.36. The van der Waals surface area contributed by atoms with E-state index in [1.54, 1.807) is 6.07 Å². The van der Waals surface area contributed by atoms with E-state index in [0.717, 1.165) is 38.4 Å². The van der Waals surface area contributed by atoms with E-state index in [4.69, 9.17) is 10.5 Å². The van der Waals surface area contributed by atoms with Gasteiger partial charge in [-0.3, -0.25) is 0 Å². The summed E-state index contributed by atoms with van der Waals surface area (Å²) in [7, 11) is 0. The van der Waals surface area contributed by atoms with Gasteiger partial charge in [-0.2, -0.15) is 0 Å². The molecule has 5 aromatic rings. The Labute approximate surface area is 175 Å². The molecule has 0 aliphatic heterocycles. The summed E-state index contributed by atoms with van der Waals surface area (Å²) >= 11 is 0. The van der Waals surface area contributed by atoms with E-state index in [9.17, 15) is 5.11 Å². The van der Waals surface area contributed by atoms with E-state index in [-0.39, 0.29) is 5.75 Å². The molecule has 3 heteroatoms. The van der Waals surface area contributed by atoms with Crippen LogP contribution in [0.25, 0.3) is 21.5 Å². The van der Waals surface area contributed by atoms with Crippen LogP contribution >= 0.6 is 0 Å². The number of nitrogen functional groups attached to an aromatic ring is 1. The first-order chi connectivity index (χ1) is 14.7. The minimum absolute atomic E-state index is 0.284. The van der Waals surface area contributed by atoms with Crippen molar-refractivity contribution in [1.82, 2.24) is 0 Å². The van der Waals surface area contributed by atoms with Crippen LogP contribution in [0.4, 0.5) is 5.69 Å². The molecule has 30 heavy (non-hydrogen) atoms. The molecule has 0 aliphatic carbocycles. The molecular formula is C27H21NO2. The van der Waals surface area contributed by atoms with Crippen molar-refractivity contribution in [3.63, 3.8) is 0 Å². The molecule has 5 rings (SSSR count). The molecule has 0 aromatic heterocycles. The van der Waals surface area contributed by atoms with Gasteiger partial charge in [-0.25, -0.2) is 0 Å². The number of hydrogen-bond acceptors (Lipinski definition) is 3. The average molecular weight is 391 g/mol. The number of phenolic OH excluding ortho intramolecular Hbond substituents is 1. The van der Waals surface area contributed by atoms with E-state index < -0.39 is 0 Å². The first-order valence-corrected chi connectivity index (χ1v) is 9.93. The monoisotopic (exact) mass is 391 g/mol. The van der Waals surface area contributed by atoms with Crippen LogP contribution in [0, 0.1) is 0 Å². The summed E-state index contributed by atoms with van der Waals surface area (Å²) < 4.78 is 6.27. The topological polar surface area (TPSA) is 55.5 Å². The number of para-hydroxylation sites is 2. The van der Waals surface area contributed by atoms with Crippen LogP contribution in [0.3, 0.4) is 0 Å². The van der Waals surface area contributed by atoms with Crippen molar-refractivity contribution in [1.29, 1.82) is 0 Å². The van der Waals surface area contributed by atoms with Gasteiger partial charge in [0.15, 0.2) is 0 Å². The minimum Gasteiger partial charge on any atom is -0.508 e. The van der Waals surface area contributed by atoms with Gasteiger partial charge in [-0.15, -0.1) is 0 Å². The van der Waals surface area contributed by atoms with Gasteiger partial charge in [0, 0.05) is 17.5 Å². The third-order valence-corrected chi connectivity index (χ3v) is 5.51. The maximum Gasteiger partial charge on any atom is 0.150 e. The molecule has 0 heterocycles. The smallest absolute Gasteiger partial charge is 0.150 e. The Morgan fingerprint density at radius 3 is 1.93 bits per heavy atom. The summed E-state index contributed by atoms with van der Waals surface area (Å²) in [6.07, 6.45) is 0.538. The third kappa shape index (κ3) is 3.20. The lowest BCUT2D eigenvalue weighted by Crippen LogP contribution is -1.98. The summed E-state index contributed by atoms with van der Waals surface area (Å²) in [4.78, 5) is 0. The maximum atomic E-state index is 10.7. The summed E-state index contributed by atoms with van der Waals surface area (Å²) in [5.41, 5.74) is 8.61. The van der Waals surface area contributed by atoms with Crippen molar-refractivity contribution < 1.29 is 9.84 Å². The zero-order valence-corrected chi connectivity index (χ0v) is 16.4. The van der Waals surface area contributed by atoms with Crippen molar-refractivity contribution in [3.8, 4) is 17.2 Å². The Kier molecular flexibility index (Phi) is 4.49. The number of anilines is 1. The van der Waals surface area contributed by atoms with Gasteiger partial charge in [0.25, 0.3) is 0 Å². The molecule has 3 N–H and O–H groups in total. The molecule has 0 saturated carbocycles. The predicted octanol–water partition coefficient (Wildman–Crippen LogP) is 6.66. The van der Waals surface area contributed by atoms with Crippen molar-refractivity contribution in [2.75, 3.05) is 5.73 Å². The Balaban J connectivity index is 1.70. The molecule has 0 unspecified atom stereocenters. The largest absolute Gasteiger partial charge is 0.508 e. The molecular weight excluding hydrogens is 370 g/mol. The first-order valence-electron chi connectivity index (χ1n) is 9.93. The number of nitrogens with two attached hydrogens (primary N) is 1. The van der Waals surface area contributed by atoms with E-state index in [1.807, 2.05) is 66.7 Å². The van der Waals surface area contributed by atoms with Gasteiger partial charge < -0.3 is 15.6 Å². The lowest BCUT2D eigenvalue weighted by molar-refractivity contribution is 0.468. The van der Waals surface area contributed by atoms with Crippen molar-refractivity contribution >= 4 is 27.2 Å². The molecule has 0 fully saturated rings. The molecule has 146 valence electrons. The van der Waals surface area contributed by atoms with Crippen LogP contribution in [-0.4, -0.2) is 5.11 Å². The van der Waals surface area contributed by atoms with Gasteiger partial charge in [0.1, 0.15) is 17.2 Å². The summed E-state index contributed by atoms with van der Waals surface area (Å²) in [5, 5.41) is 15.1. The second kappa shape index (κ2) is 7.45. The van der Waals surface area contributed by atoms with E-state index in [1.165, 1.54) is 0 Å². The third-order valence-electron chi connectivity index (χ3n) is 5.51. The fourth-order valence-corrected chi connectivity index (χ4v) is 3.97. The van der Waals surface area contributed by atoms with Crippen LogP contribution in [0.1, 0.15) is 11.1 Å². The number of rotatable bonds is 4. The minimum atomic E-state index is 0.284. The Morgan fingerprint density at radius 2 is 1.20 bits per heavy atom. The number of ether oxygens (including phenoxy) is 1. The maximum absolute atomic E-state index is 10.7. The SMILES string of the molecule is Nc1ccccc1Oc1ccc2ccccc2c1Cc1c(O)ccc2ccccc12. The van der Waals surface area contributed by atoms with Crippen molar-refractivity contribution in [2.45, 2.75) is 6.42 Å². The fourth-order valence-electron chi connectivity index (χ4n) is 3.97. The average Bonchev–Trinajstić information content (AvgIpc) is 2.78. The molecule has 0 atom stereocenters. The molecule has 5 aromatic carbocycles. The molecule has 0 aliphatic rings. The highest BCUT2D eigenvalue weighted by molar-refractivity contribution is 5.91. The molecule has 0 spiro atoms. The Morgan fingerprint density at radius 1 is 0.600 bits per heavy atom. The van der Waals surface area contributed by atoms with Crippen LogP contribution in [0.5, 0.6) is 17.2 Å². The second-order valence-electron chi connectivity index (χ2n) is 7.36. The molecule has 0 saturated heterocycles. The van der Waals surface area contributed by atoms with Crippen LogP contribution in [0.15, 0.2) is 97.1 Å². The fraction of sp³-hybridized carbons (Fsp3) is 0.0370. The highest BCUT2D eigenvalue weighted by Gasteiger charge is 2.15. The van der Waals surface area contributed by atoms with E-state index in [2.05, 4.69) is 24.3 Å². The molecule has 0 radical (unpaired) electrons. The van der Waals surface area contributed by atoms with Gasteiger partial charge in [0.05, 0.1) is 5.69 Å². The van der Waals surface area contributed by atoms with E-state index >= 15 is 0 Å². The Bertz CT molecular complexity index is 1370. The van der Waals surface area contributed by atoms with Crippen LogP contribution < -0.4 is 10.5 Å². The van der Waals surface area contributed by atoms with Gasteiger partial charge >= 0.3 is 0 Å². The lowest BCUT2D eigenvalue weighted by Gasteiger charge is -2.17. The van der Waals surface area contributed by atoms with Crippen molar-refractivity contribution in [3.05, 3.63) is 108 Å². The normalized spacial score (nSPS) is 11.1. The quantitative estimate of drug-likeness (QED) is 0.337.